The lowest BCUT2D eigenvalue weighted by Crippen LogP contribution is -2.47. The molecule has 1 saturated heterocycles. The molecule has 2 amide bonds. The molecule has 136 valence electrons. The molecule has 1 aromatic rings. The van der Waals surface area contributed by atoms with Crippen LogP contribution in [0.1, 0.15) is 36.8 Å². The Morgan fingerprint density at radius 2 is 1.84 bits per heavy atom. The highest BCUT2D eigenvalue weighted by Gasteiger charge is 2.24. The number of carbonyl (C=O) groups excluding carboxylic acids is 3. The fourth-order valence-corrected chi connectivity index (χ4v) is 3.00. The number of rotatable bonds is 6. The normalized spacial score (nSPS) is 14.9. The first-order valence-corrected chi connectivity index (χ1v) is 8.68. The van der Waals surface area contributed by atoms with Gasteiger partial charge in [-0.25, -0.2) is 0 Å². The quantitative estimate of drug-likeness (QED) is 0.794. The molecule has 1 fully saturated rings. The Bertz CT molecular complexity index is 622. The van der Waals surface area contributed by atoms with Crippen molar-refractivity contribution in [2.24, 2.45) is 0 Å². The Morgan fingerprint density at radius 1 is 1.16 bits per heavy atom. The monoisotopic (exact) mass is 346 g/mol. The van der Waals surface area contributed by atoms with Crippen LogP contribution < -0.4 is 5.32 Å². The lowest BCUT2D eigenvalue weighted by molar-refractivity contribution is -0.144. The molecule has 0 atom stereocenters. The van der Waals surface area contributed by atoms with Crippen LogP contribution in [0.15, 0.2) is 24.3 Å². The van der Waals surface area contributed by atoms with E-state index in [1.165, 1.54) is 7.11 Å². The summed E-state index contributed by atoms with van der Waals surface area (Å²) in [4.78, 5) is 37.1. The van der Waals surface area contributed by atoms with E-state index in [1.54, 1.807) is 4.90 Å². The molecular weight excluding hydrogens is 320 g/mol. The van der Waals surface area contributed by atoms with E-state index < -0.39 is 0 Å². The molecular formula is C19H26N2O4. The Labute approximate surface area is 148 Å². The molecule has 1 aromatic carbocycles. The third-order valence-electron chi connectivity index (χ3n) is 4.60. The Hall–Kier alpha value is -2.37. The van der Waals surface area contributed by atoms with Crippen molar-refractivity contribution in [2.75, 3.05) is 20.2 Å². The minimum atomic E-state index is -0.369. The zero-order valence-electron chi connectivity index (χ0n) is 14.9. The van der Waals surface area contributed by atoms with Crippen LogP contribution in [0.4, 0.5) is 0 Å². The molecule has 0 spiro atoms. The van der Waals surface area contributed by atoms with Crippen molar-refractivity contribution in [3.63, 3.8) is 0 Å². The summed E-state index contributed by atoms with van der Waals surface area (Å²) < 4.78 is 4.55. The van der Waals surface area contributed by atoms with Gasteiger partial charge in [-0.1, -0.05) is 24.3 Å². The number of esters is 1. The summed E-state index contributed by atoms with van der Waals surface area (Å²) in [5.74, 6) is -0.383. The van der Waals surface area contributed by atoms with Gasteiger partial charge in [-0.3, -0.25) is 14.4 Å². The standard InChI is InChI=1S/C19H26N2O4/c1-14-5-3-4-6-15(14)13-17(22)20-16-9-11-21(12-10-16)18(23)7-8-19(24)25-2/h3-6,16H,7-13H2,1-2H3,(H,20,22). The molecule has 25 heavy (non-hydrogen) atoms. The van der Waals surface area contributed by atoms with E-state index in [0.29, 0.717) is 19.5 Å². The third kappa shape index (κ3) is 5.89. The number of amides is 2. The molecule has 0 aromatic heterocycles. The molecule has 1 aliphatic heterocycles. The van der Waals surface area contributed by atoms with E-state index >= 15 is 0 Å². The maximum atomic E-state index is 12.2. The van der Waals surface area contributed by atoms with Gasteiger partial charge in [-0.15, -0.1) is 0 Å². The van der Waals surface area contributed by atoms with E-state index in [1.807, 2.05) is 31.2 Å². The number of methoxy groups -OCH3 is 1. The summed E-state index contributed by atoms with van der Waals surface area (Å²) in [6.07, 6.45) is 2.15. The van der Waals surface area contributed by atoms with Crippen molar-refractivity contribution < 1.29 is 19.1 Å². The molecule has 0 radical (unpaired) electrons. The highest BCUT2D eigenvalue weighted by atomic mass is 16.5. The summed E-state index contributed by atoms with van der Waals surface area (Å²) in [6, 6.07) is 7.97. The second-order valence-electron chi connectivity index (χ2n) is 6.40. The fraction of sp³-hybridized carbons (Fsp3) is 0.526. The molecule has 6 nitrogen and oxygen atoms in total. The van der Waals surface area contributed by atoms with Crippen LogP contribution in [0.5, 0.6) is 0 Å². The number of hydrogen-bond donors (Lipinski definition) is 1. The highest BCUT2D eigenvalue weighted by Crippen LogP contribution is 2.13. The van der Waals surface area contributed by atoms with Gasteiger partial charge in [0.25, 0.3) is 0 Å². The number of hydrogen-bond acceptors (Lipinski definition) is 4. The predicted molar refractivity (Wildman–Crippen MR) is 93.9 cm³/mol. The Morgan fingerprint density at radius 3 is 2.48 bits per heavy atom. The van der Waals surface area contributed by atoms with Crippen LogP contribution in [-0.4, -0.2) is 48.9 Å². The van der Waals surface area contributed by atoms with Crippen molar-refractivity contribution in [1.82, 2.24) is 10.2 Å². The Kier molecular flexibility index (Phi) is 6.98. The van der Waals surface area contributed by atoms with Gasteiger partial charge >= 0.3 is 5.97 Å². The molecule has 2 rings (SSSR count). The van der Waals surface area contributed by atoms with Crippen LogP contribution in [0.2, 0.25) is 0 Å². The van der Waals surface area contributed by atoms with Crippen molar-refractivity contribution in [3.8, 4) is 0 Å². The van der Waals surface area contributed by atoms with Gasteiger partial charge in [0.15, 0.2) is 0 Å². The van der Waals surface area contributed by atoms with Crippen molar-refractivity contribution in [3.05, 3.63) is 35.4 Å². The van der Waals surface area contributed by atoms with E-state index in [2.05, 4.69) is 10.1 Å². The summed E-state index contributed by atoms with van der Waals surface area (Å²) in [7, 11) is 1.32. The number of ether oxygens (including phenoxy) is 1. The number of likely N-dealkylation sites (tertiary alicyclic amines) is 1. The van der Waals surface area contributed by atoms with Gasteiger partial charge < -0.3 is 15.0 Å². The van der Waals surface area contributed by atoms with Gasteiger partial charge in [-0.05, 0) is 30.9 Å². The minimum Gasteiger partial charge on any atom is -0.469 e. The molecule has 0 unspecified atom stereocenters. The van der Waals surface area contributed by atoms with Gasteiger partial charge in [0.05, 0.1) is 20.0 Å². The largest absolute Gasteiger partial charge is 0.469 e. The Balaban J connectivity index is 1.73. The van der Waals surface area contributed by atoms with E-state index in [-0.39, 0.29) is 36.7 Å². The smallest absolute Gasteiger partial charge is 0.306 e. The first kappa shape index (κ1) is 19.0. The topological polar surface area (TPSA) is 75.7 Å². The van der Waals surface area contributed by atoms with Crippen molar-refractivity contribution in [2.45, 2.75) is 45.1 Å². The number of benzene rings is 1. The molecule has 0 aliphatic carbocycles. The zero-order chi connectivity index (χ0) is 18.2. The van der Waals surface area contributed by atoms with Gasteiger partial charge in [-0.2, -0.15) is 0 Å². The van der Waals surface area contributed by atoms with Crippen LogP contribution in [0, 0.1) is 6.92 Å². The van der Waals surface area contributed by atoms with Crippen LogP contribution in [0.3, 0.4) is 0 Å². The van der Waals surface area contributed by atoms with Gasteiger partial charge in [0, 0.05) is 25.6 Å². The van der Waals surface area contributed by atoms with Crippen LogP contribution in [-0.2, 0) is 25.5 Å². The van der Waals surface area contributed by atoms with Crippen molar-refractivity contribution >= 4 is 17.8 Å². The summed E-state index contributed by atoms with van der Waals surface area (Å²) >= 11 is 0. The molecule has 0 bridgehead atoms. The molecule has 1 heterocycles. The number of aryl methyl sites for hydroxylation is 1. The number of carbonyl (C=O) groups is 3. The van der Waals surface area contributed by atoms with Crippen LogP contribution in [0.25, 0.3) is 0 Å². The van der Waals surface area contributed by atoms with E-state index in [4.69, 9.17) is 0 Å². The predicted octanol–water partition coefficient (Wildman–Crippen LogP) is 1.60. The first-order valence-electron chi connectivity index (χ1n) is 8.68. The average molecular weight is 346 g/mol. The second kappa shape index (κ2) is 9.20. The molecule has 1 N–H and O–H groups in total. The maximum absolute atomic E-state index is 12.2. The zero-order valence-corrected chi connectivity index (χ0v) is 14.9. The summed E-state index contributed by atoms with van der Waals surface area (Å²) in [5.41, 5.74) is 2.15. The third-order valence-corrected chi connectivity index (χ3v) is 4.60. The average Bonchev–Trinajstić information content (AvgIpc) is 2.62. The minimum absolute atomic E-state index is 0.0183. The van der Waals surface area contributed by atoms with E-state index in [9.17, 15) is 14.4 Å². The van der Waals surface area contributed by atoms with Crippen molar-refractivity contribution in [1.29, 1.82) is 0 Å². The lowest BCUT2D eigenvalue weighted by Gasteiger charge is -2.32. The highest BCUT2D eigenvalue weighted by molar-refractivity contribution is 5.81. The molecule has 6 heteroatoms. The number of nitrogens with zero attached hydrogens (tertiary/aromatic N) is 1. The first-order chi connectivity index (χ1) is 12.0. The SMILES string of the molecule is COC(=O)CCC(=O)N1CCC(NC(=O)Cc2ccccc2C)CC1. The maximum Gasteiger partial charge on any atom is 0.306 e. The van der Waals surface area contributed by atoms with Gasteiger partial charge in [0.1, 0.15) is 0 Å². The van der Waals surface area contributed by atoms with Crippen LogP contribution >= 0.6 is 0 Å². The lowest BCUT2D eigenvalue weighted by atomic mass is 10.0. The number of nitrogens with one attached hydrogen (secondary N) is 1. The van der Waals surface area contributed by atoms with E-state index in [0.717, 1.165) is 24.0 Å². The summed E-state index contributed by atoms with van der Waals surface area (Å²) in [6.45, 7) is 3.21. The van der Waals surface area contributed by atoms with Gasteiger partial charge in [0.2, 0.25) is 11.8 Å². The molecule has 1 aliphatic rings. The number of piperidine rings is 1. The second-order valence-corrected chi connectivity index (χ2v) is 6.40. The summed E-state index contributed by atoms with van der Waals surface area (Å²) in [5, 5.41) is 3.06. The molecule has 0 saturated carbocycles. The fourth-order valence-electron chi connectivity index (χ4n) is 3.00.